The van der Waals surface area contributed by atoms with Crippen LogP contribution in [0.15, 0.2) is 24.3 Å². The van der Waals surface area contributed by atoms with Crippen molar-refractivity contribution in [1.29, 1.82) is 0 Å². The Morgan fingerprint density at radius 3 is 2.57 bits per heavy atom. The second-order valence-corrected chi connectivity index (χ2v) is 6.37. The van der Waals surface area contributed by atoms with Crippen LogP contribution in [-0.2, 0) is 4.79 Å². The van der Waals surface area contributed by atoms with Crippen LogP contribution in [0, 0.1) is 12.8 Å². The highest BCUT2D eigenvalue weighted by atomic mass is 16.1. The molecule has 116 valence electrons. The molecule has 1 aromatic rings. The largest absolute Gasteiger partial charge is 0.370 e. The summed E-state index contributed by atoms with van der Waals surface area (Å²) in [6.07, 6.45) is 2.57. The number of benzene rings is 1. The second kappa shape index (κ2) is 7.05. The summed E-state index contributed by atoms with van der Waals surface area (Å²) in [6.45, 7) is 6.15. The second-order valence-electron chi connectivity index (χ2n) is 6.37. The van der Waals surface area contributed by atoms with E-state index in [2.05, 4.69) is 43.0 Å². The third-order valence-corrected chi connectivity index (χ3v) is 4.41. The molecule has 1 aliphatic heterocycles. The number of likely N-dealkylation sites (tertiary alicyclic amines) is 1. The first-order chi connectivity index (χ1) is 9.97. The topological polar surface area (TPSA) is 72.3 Å². The minimum Gasteiger partial charge on any atom is -0.370 e. The van der Waals surface area contributed by atoms with Gasteiger partial charge in [0.15, 0.2) is 0 Å². The van der Waals surface area contributed by atoms with Gasteiger partial charge in [0.05, 0.1) is 0 Å². The number of amides is 1. The van der Waals surface area contributed by atoms with Gasteiger partial charge < -0.3 is 11.5 Å². The Bertz CT molecular complexity index is 479. The predicted molar refractivity (Wildman–Crippen MR) is 85.7 cm³/mol. The van der Waals surface area contributed by atoms with Gasteiger partial charge in [-0.15, -0.1) is 0 Å². The van der Waals surface area contributed by atoms with Crippen molar-refractivity contribution in [1.82, 2.24) is 4.90 Å². The molecule has 0 aromatic heterocycles. The third kappa shape index (κ3) is 4.29. The molecule has 4 nitrogen and oxygen atoms in total. The number of rotatable bonds is 5. The van der Waals surface area contributed by atoms with Crippen LogP contribution in [0.25, 0.3) is 0 Å². The number of hydrogen-bond acceptors (Lipinski definition) is 3. The molecule has 1 aromatic carbocycles. The zero-order valence-corrected chi connectivity index (χ0v) is 13.1. The minimum atomic E-state index is -0.184. The predicted octanol–water partition coefficient (Wildman–Crippen LogP) is 1.97. The molecular weight excluding hydrogens is 262 g/mol. The Morgan fingerprint density at radius 2 is 2.05 bits per heavy atom. The standard InChI is InChI=1S/C17H27N3O/c1-12-4-3-5-15(10-12)17(13(2)18)20-8-6-14(7-9-20)11-16(19)21/h3-5,10,13-14,17H,6-9,11,18H2,1-2H3,(H2,19,21). The zero-order valence-electron chi connectivity index (χ0n) is 13.1. The summed E-state index contributed by atoms with van der Waals surface area (Å²) in [4.78, 5) is 13.5. The zero-order chi connectivity index (χ0) is 15.4. The molecule has 4 N–H and O–H groups in total. The normalized spacial score (nSPS) is 20.1. The van der Waals surface area contributed by atoms with Gasteiger partial charge in [-0.25, -0.2) is 0 Å². The van der Waals surface area contributed by atoms with E-state index in [1.807, 2.05) is 0 Å². The number of piperidine rings is 1. The summed E-state index contributed by atoms with van der Waals surface area (Å²) in [6, 6.07) is 8.93. The van der Waals surface area contributed by atoms with E-state index < -0.39 is 0 Å². The number of carbonyl (C=O) groups excluding carboxylic acids is 1. The molecule has 0 bridgehead atoms. The van der Waals surface area contributed by atoms with Crippen molar-refractivity contribution in [2.45, 2.75) is 45.2 Å². The van der Waals surface area contributed by atoms with Crippen molar-refractivity contribution in [3.63, 3.8) is 0 Å². The molecule has 0 radical (unpaired) electrons. The summed E-state index contributed by atoms with van der Waals surface area (Å²) >= 11 is 0. The Balaban J connectivity index is 2.06. The van der Waals surface area contributed by atoms with Gasteiger partial charge in [0.1, 0.15) is 0 Å². The van der Waals surface area contributed by atoms with Gasteiger partial charge in [-0.1, -0.05) is 29.8 Å². The maximum atomic E-state index is 11.0. The number of primary amides is 1. The smallest absolute Gasteiger partial charge is 0.217 e. The summed E-state index contributed by atoms with van der Waals surface area (Å²) < 4.78 is 0. The molecule has 1 amide bonds. The number of hydrogen-bond donors (Lipinski definition) is 2. The van der Waals surface area contributed by atoms with Crippen molar-refractivity contribution in [2.24, 2.45) is 17.4 Å². The third-order valence-electron chi connectivity index (χ3n) is 4.41. The van der Waals surface area contributed by atoms with Crippen LogP contribution in [-0.4, -0.2) is 29.9 Å². The van der Waals surface area contributed by atoms with Gasteiger partial charge in [-0.05, 0) is 51.3 Å². The van der Waals surface area contributed by atoms with Crippen LogP contribution in [0.5, 0.6) is 0 Å². The molecule has 4 heteroatoms. The quantitative estimate of drug-likeness (QED) is 0.870. The van der Waals surface area contributed by atoms with Crippen LogP contribution in [0.4, 0.5) is 0 Å². The van der Waals surface area contributed by atoms with Crippen molar-refractivity contribution in [3.05, 3.63) is 35.4 Å². The molecule has 1 saturated heterocycles. The highest BCUT2D eigenvalue weighted by Gasteiger charge is 2.28. The highest BCUT2D eigenvalue weighted by molar-refractivity contribution is 5.73. The maximum absolute atomic E-state index is 11.0. The molecule has 1 aliphatic rings. The molecule has 0 aliphatic carbocycles. The van der Waals surface area contributed by atoms with Crippen LogP contribution >= 0.6 is 0 Å². The lowest BCUT2D eigenvalue weighted by Crippen LogP contribution is -2.44. The van der Waals surface area contributed by atoms with Crippen molar-refractivity contribution in [2.75, 3.05) is 13.1 Å². The molecule has 2 unspecified atom stereocenters. The monoisotopic (exact) mass is 289 g/mol. The molecule has 2 atom stereocenters. The number of aryl methyl sites for hydroxylation is 1. The molecule has 0 saturated carbocycles. The summed E-state index contributed by atoms with van der Waals surface area (Å²) in [5.74, 6) is 0.251. The van der Waals surface area contributed by atoms with Gasteiger partial charge in [-0.3, -0.25) is 9.69 Å². The van der Waals surface area contributed by atoms with E-state index in [4.69, 9.17) is 11.5 Å². The first-order valence-electron chi connectivity index (χ1n) is 7.82. The van der Waals surface area contributed by atoms with Crippen LogP contribution in [0.3, 0.4) is 0 Å². The molecule has 21 heavy (non-hydrogen) atoms. The highest BCUT2D eigenvalue weighted by Crippen LogP contribution is 2.30. The lowest BCUT2D eigenvalue weighted by Gasteiger charge is -2.39. The fourth-order valence-corrected chi connectivity index (χ4v) is 3.42. The van der Waals surface area contributed by atoms with E-state index in [1.54, 1.807) is 0 Å². The molecule has 1 heterocycles. The van der Waals surface area contributed by atoms with E-state index in [-0.39, 0.29) is 18.0 Å². The number of nitrogens with zero attached hydrogens (tertiary/aromatic N) is 1. The molecule has 0 spiro atoms. The van der Waals surface area contributed by atoms with Crippen LogP contribution in [0.2, 0.25) is 0 Å². The van der Waals surface area contributed by atoms with E-state index in [0.717, 1.165) is 25.9 Å². The SMILES string of the molecule is Cc1cccc(C(C(C)N)N2CCC(CC(N)=O)CC2)c1. The molecular formula is C17H27N3O. The fourth-order valence-electron chi connectivity index (χ4n) is 3.42. The van der Waals surface area contributed by atoms with Crippen LogP contribution in [0.1, 0.15) is 43.4 Å². The lowest BCUT2D eigenvalue weighted by atomic mass is 9.90. The van der Waals surface area contributed by atoms with Crippen molar-refractivity contribution in [3.8, 4) is 0 Å². The van der Waals surface area contributed by atoms with Gasteiger partial charge in [0.25, 0.3) is 0 Å². The average Bonchev–Trinajstić information content (AvgIpc) is 2.40. The average molecular weight is 289 g/mol. The first-order valence-corrected chi connectivity index (χ1v) is 7.82. The minimum absolute atomic E-state index is 0.0829. The Morgan fingerprint density at radius 1 is 1.38 bits per heavy atom. The van der Waals surface area contributed by atoms with Gasteiger partial charge in [-0.2, -0.15) is 0 Å². The van der Waals surface area contributed by atoms with E-state index in [9.17, 15) is 4.79 Å². The molecule has 2 rings (SSSR count). The van der Waals surface area contributed by atoms with Gasteiger partial charge in [0.2, 0.25) is 5.91 Å². The van der Waals surface area contributed by atoms with Crippen molar-refractivity contribution < 1.29 is 4.79 Å². The van der Waals surface area contributed by atoms with Gasteiger partial charge >= 0.3 is 0 Å². The van der Waals surface area contributed by atoms with Crippen molar-refractivity contribution >= 4 is 5.91 Å². The Hall–Kier alpha value is -1.39. The molecule has 1 fully saturated rings. The Kier molecular flexibility index (Phi) is 5.37. The van der Waals surface area contributed by atoms with Crippen LogP contribution < -0.4 is 11.5 Å². The van der Waals surface area contributed by atoms with Gasteiger partial charge in [0, 0.05) is 18.5 Å². The Labute approximate surface area is 127 Å². The first kappa shape index (κ1) is 16.0. The number of carbonyl (C=O) groups is 1. The number of nitrogens with two attached hydrogens (primary N) is 2. The lowest BCUT2D eigenvalue weighted by molar-refractivity contribution is -0.119. The maximum Gasteiger partial charge on any atom is 0.217 e. The van der Waals surface area contributed by atoms with E-state index in [1.165, 1.54) is 11.1 Å². The summed E-state index contributed by atoms with van der Waals surface area (Å²) in [7, 11) is 0. The van der Waals surface area contributed by atoms with E-state index >= 15 is 0 Å². The van der Waals surface area contributed by atoms with E-state index in [0.29, 0.717) is 12.3 Å². The fraction of sp³-hybridized carbons (Fsp3) is 0.588. The summed E-state index contributed by atoms with van der Waals surface area (Å²) in [5, 5.41) is 0. The summed E-state index contributed by atoms with van der Waals surface area (Å²) in [5.41, 5.74) is 14.1.